The molecular formula is C18H30N2O. The molecule has 3 heteroatoms. The van der Waals surface area contributed by atoms with E-state index in [9.17, 15) is 0 Å². The second-order valence-electron chi connectivity index (χ2n) is 6.20. The van der Waals surface area contributed by atoms with Crippen LogP contribution in [0.25, 0.3) is 0 Å². The van der Waals surface area contributed by atoms with Crippen LogP contribution in [0.4, 0.5) is 5.69 Å². The monoisotopic (exact) mass is 290 g/mol. The van der Waals surface area contributed by atoms with Crippen LogP contribution in [-0.2, 0) is 11.3 Å². The lowest BCUT2D eigenvalue weighted by Crippen LogP contribution is -2.32. The van der Waals surface area contributed by atoms with Gasteiger partial charge in [-0.3, -0.25) is 0 Å². The fourth-order valence-corrected chi connectivity index (χ4v) is 3.00. The summed E-state index contributed by atoms with van der Waals surface area (Å²) < 4.78 is 5.57. The summed E-state index contributed by atoms with van der Waals surface area (Å²) in [7, 11) is 0. The molecule has 0 amide bonds. The summed E-state index contributed by atoms with van der Waals surface area (Å²) in [6.45, 7) is 10.5. The van der Waals surface area contributed by atoms with Crippen LogP contribution >= 0.6 is 0 Å². The number of hydrogen-bond acceptors (Lipinski definition) is 3. The lowest BCUT2D eigenvalue weighted by Gasteiger charge is -2.24. The summed E-state index contributed by atoms with van der Waals surface area (Å²) in [5, 5.41) is 3.75. The maximum atomic E-state index is 5.57. The molecule has 0 aliphatic carbocycles. The Morgan fingerprint density at radius 1 is 1.24 bits per heavy atom. The molecule has 1 N–H and O–H groups in total. The first-order valence-corrected chi connectivity index (χ1v) is 8.37. The largest absolute Gasteiger partial charge is 0.382 e. The van der Waals surface area contributed by atoms with E-state index in [4.69, 9.17) is 4.74 Å². The van der Waals surface area contributed by atoms with Gasteiger partial charge in [-0.05, 0) is 52.6 Å². The van der Waals surface area contributed by atoms with Gasteiger partial charge in [-0.2, -0.15) is 0 Å². The second-order valence-corrected chi connectivity index (χ2v) is 6.20. The molecule has 1 saturated heterocycles. The van der Waals surface area contributed by atoms with Crippen molar-refractivity contribution in [2.45, 2.75) is 58.7 Å². The van der Waals surface area contributed by atoms with E-state index < -0.39 is 0 Å². The van der Waals surface area contributed by atoms with Gasteiger partial charge >= 0.3 is 0 Å². The molecule has 0 saturated carbocycles. The Labute approximate surface area is 129 Å². The van der Waals surface area contributed by atoms with Gasteiger partial charge < -0.3 is 15.0 Å². The highest BCUT2D eigenvalue weighted by Gasteiger charge is 2.19. The van der Waals surface area contributed by atoms with Crippen molar-refractivity contribution in [1.29, 1.82) is 0 Å². The van der Waals surface area contributed by atoms with Crippen molar-refractivity contribution in [3.05, 3.63) is 29.8 Å². The van der Waals surface area contributed by atoms with Crippen LogP contribution in [-0.4, -0.2) is 36.7 Å². The molecule has 0 bridgehead atoms. The quantitative estimate of drug-likeness (QED) is 0.860. The molecule has 118 valence electrons. The fourth-order valence-electron chi connectivity index (χ4n) is 3.00. The Hall–Kier alpha value is -1.06. The zero-order valence-corrected chi connectivity index (χ0v) is 13.8. The average molecular weight is 290 g/mol. The zero-order valence-electron chi connectivity index (χ0n) is 13.8. The van der Waals surface area contributed by atoms with Crippen LogP contribution in [0, 0.1) is 0 Å². The minimum atomic E-state index is 0.580. The highest BCUT2D eigenvalue weighted by molar-refractivity contribution is 5.51. The van der Waals surface area contributed by atoms with E-state index in [1.807, 2.05) is 6.92 Å². The molecule has 1 aliphatic heterocycles. The maximum absolute atomic E-state index is 5.57. The van der Waals surface area contributed by atoms with E-state index in [0.29, 0.717) is 18.7 Å². The Morgan fingerprint density at radius 3 is 2.81 bits per heavy atom. The van der Waals surface area contributed by atoms with E-state index in [2.05, 4.69) is 48.3 Å². The summed E-state index contributed by atoms with van der Waals surface area (Å²) in [6, 6.07) is 9.78. The zero-order chi connectivity index (χ0) is 15.1. The van der Waals surface area contributed by atoms with Gasteiger partial charge in [0, 0.05) is 36.5 Å². The van der Waals surface area contributed by atoms with Gasteiger partial charge in [0.05, 0.1) is 6.61 Å². The summed E-state index contributed by atoms with van der Waals surface area (Å²) in [5.41, 5.74) is 2.51. The van der Waals surface area contributed by atoms with E-state index in [0.717, 1.165) is 6.61 Å². The third-order valence-corrected chi connectivity index (χ3v) is 4.33. The lowest BCUT2D eigenvalue weighted by molar-refractivity contribution is 0.134. The van der Waals surface area contributed by atoms with Gasteiger partial charge in [0.1, 0.15) is 0 Å². The van der Waals surface area contributed by atoms with E-state index in [1.165, 1.54) is 43.6 Å². The molecule has 21 heavy (non-hydrogen) atoms. The van der Waals surface area contributed by atoms with Crippen molar-refractivity contribution in [2.24, 2.45) is 0 Å². The Balaban J connectivity index is 1.95. The predicted octanol–water partition coefficient (Wildman–Crippen LogP) is 3.90. The first kappa shape index (κ1) is 16.3. The molecule has 1 aromatic rings. The number of para-hydroxylation sites is 1. The molecule has 1 aromatic carbocycles. The Kier molecular flexibility index (Phi) is 6.52. The summed E-state index contributed by atoms with van der Waals surface area (Å²) in [4.78, 5) is 2.59. The number of nitrogens with one attached hydrogen (secondary N) is 1. The Morgan fingerprint density at radius 2 is 2.05 bits per heavy atom. The number of benzene rings is 1. The van der Waals surface area contributed by atoms with Crippen molar-refractivity contribution in [2.75, 3.05) is 25.0 Å². The van der Waals surface area contributed by atoms with Crippen molar-refractivity contribution in [3.63, 3.8) is 0 Å². The molecule has 1 atom stereocenters. The van der Waals surface area contributed by atoms with Gasteiger partial charge in [-0.15, -0.1) is 0 Å². The fraction of sp³-hybridized carbons (Fsp3) is 0.667. The highest BCUT2D eigenvalue weighted by Crippen LogP contribution is 2.21. The lowest BCUT2D eigenvalue weighted by atomic mass is 10.1. The van der Waals surface area contributed by atoms with E-state index in [-0.39, 0.29) is 0 Å². The van der Waals surface area contributed by atoms with Crippen LogP contribution in [0.2, 0.25) is 0 Å². The molecule has 3 nitrogen and oxygen atoms in total. The van der Waals surface area contributed by atoms with Gasteiger partial charge in [-0.25, -0.2) is 0 Å². The molecule has 1 aliphatic rings. The van der Waals surface area contributed by atoms with Crippen LogP contribution < -0.4 is 5.32 Å². The van der Waals surface area contributed by atoms with Crippen LogP contribution in [0.3, 0.4) is 0 Å². The number of anilines is 1. The minimum Gasteiger partial charge on any atom is -0.382 e. The highest BCUT2D eigenvalue weighted by atomic mass is 16.5. The topological polar surface area (TPSA) is 24.5 Å². The van der Waals surface area contributed by atoms with E-state index >= 15 is 0 Å². The number of ether oxygens (including phenoxy) is 1. The molecule has 1 heterocycles. The minimum absolute atomic E-state index is 0.580. The third kappa shape index (κ3) is 5.01. The van der Waals surface area contributed by atoms with Crippen molar-refractivity contribution < 1.29 is 4.74 Å². The Bertz CT molecular complexity index is 419. The average Bonchev–Trinajstić information content (AvgIpc) is 2.72. The standard InChI is InChI=1S/C18H30N2O/c1-4-21-14-16-8-5-6-10-18(16)19-17-9-7-12-20(13-11-17)15(2)3/h5-6,8,10,15,17,19H,4,7,9,11-14H2,1-3H3. The molecule has 0 spiro atoms. The van der Waals surface area contributed by atoms with Gasteiger partial charge in [-0.1, -0.05) is 18.2 Å². The maximum Gasteiger partial charge on any atom is 0.0736 e. The van der Waals surface area contributed by atoms with Crippen molar-refractivity contribution in [3.8, 4) is 0 Å². The summed E-state index contributed by atoms with van der Waals surface area (Å²) >= 11 is 0. The van der Waals surface area contributed by atoms with Crippen LogP contribution in [0.5, 0.6) is 0 Å². The molecule has 2 rings (SSSR count). The second kappa shape index (κ2) is 8.40. The third-order valence-electron chi connectivity index (χ3n) is 4.33. The first-order chi connectivity index (χ1) is 10.2. The van der Waals surface area contributed by atoms with Crippen molar-refractivity contribution >= 4 is 5.69 Å². The van der Waals surface area contributed by atoms with Crippen LogP contribution in [0.15, 0.2) is 24.3 Å². The van der Waals surface area contributed by atoms with Crippen LogP contribution in [0.1, 0.15) is 45.6 Å². The summed E-state index contributed by atoms with van der Waals surface area (Å²) in [5.74, 6) is 0. The molecule has 1 fully saturated rings. The van der Waals surface area contributed by atoms with Gasteiger partial charge in [0.2, 0.25) is 0 Å². The summed E-state index contributed by atoms with van der Waals surface area (Å²) in [6.07, 6.45) is 3.76. The van der Waals surface area contributed by atoms with E-state index in [1.54, 1.807) is 0 Å². The van der Waals surface area contributed by atoms with Gasteiger partial charge in [0.25, 0.3) is 0 Å². The number of nitrogens with zero attached hydrogens (tertiary/aromatic N) is 1. The molecular weight excluding hydrogens is 260 g/mol. The van der Waals surface area contributed by atoms with Crippen molar-refractivity contribution in [1.82, 2.24) is 4.90 Å². The smallest absolute Gasteiger partial charge is 0.0736 e. The SMILES string of the molecule is CCOCc1ccccc1NC1CCCN(C(C)C)CC1. The molecule has 0 aromatic heterocycles. The van der Waals surface area contributed by atoms with Gasteiger partial charge in [0.15, 0.2) is 0 Å². The number of rotatable bonds is 6. The number of hydrogen-bond donors (Lipinski definition) is 1. The predicted molar refractivity (Wildman–Crippen MR) is 89.7 cm³/mol. The first-order valence-electron chi connectivity index (χ1n) is 8.37. The molecule has 1 unspecified atom stereocenters. The normalized spacial score (nSPS) is 20.5. The number of likely N-dealkylation sites (tertiary alicyclic amines) is 1. The molecule has 0 radical (unpaired) electrons.